The second-order valence-electron chi connectivity index (χ2n) is 22.3. The Bertz CT molecular complexity index is 4600. The van der Waals surface area contributed by atoms with Crippen LogP contribution in [0.25, 0.3) is 66.8 Å². The smallest absolute Gasteiger partial charge is 0.252 e. The van der Waals surface area contributed by atoms with Crippen molar-refractivity contribution in [1.82, 2.24) is 0 Å². The third-order valence-electron chi connectivity index (χ3n) is 17.8. The van der Waals surface area contributed by atoms with Crippen molar-refractivity contribution in [2.45, 2.75) is 0 Å². The first-order chi connectivity index (χ1) is 41.2. The van der Waals surface area contributed by atoms with Crippen LogP contribution < -0.4 is 47.5 Å². The van der Waals surface area contributed by atoms with Crippen molar-refractivity contribution in [3.8, 4) is 66.8 Å². The Morgan fingerprint density at radius 3 is 0.831 bits per heavy atom. The van der Waals surface area contributed by atoms with Gasteiger partial charge in [0.05, 0.1) is 5.69 Å². The van der Waals surface area contributed by atoms with Crippen LogP contribution in [0.4, 0.5) is 51.2 Å². The minimum Gasteiger partial charge on any atom is -0.312 e. The summed E-state index contributed by atoms with van der Waals surface area (Å²) in [6, 6.07) is 115. The van der Waals surface area contributed by atoms with E-state index in [9.17, 15) is 0 Å². The molecule has 0 radical (unpaired) electrons. The fourth-order valence-electron chi connectivity index (χ4n) is 14.2. The van der Waals surface area contributed by atoms with Gasteiger partial charge in [-0.3, -0.25) is 0 Å². The zero-order valence-electron chi connectivity index (χ0n) is 45.4. The molecule has 5 heteroatoms. The van der Waals surface area contributed by atoms with Gasteiger partial charge < -0.3 is 14.7 Å². The first-order valence-electron chi connectivity index (χ1n) is 28.9. The van der Waals surface area contributed by atoms with Gasteiger partial charge in [0.1, 0.15) is 0 Å². The number of para-hydroxylation sites is 2. The molecule has 0 unspecified atom stereocenters. The second kappa shape index (κ2) is 19.0. The molecule has 0 amide bonds. The van der Waals surface area contributed by atoms with E-state index in [1.165, 1.54) is 111 Å². The summed E-state index contributed by atoms with van der Waals surface area (Å²) in [5, 5.41) is 0. The van der Waals surface area contributed by atoms with Gasteiger partial charge in [0.15, 0.2) is 0 Å². The highest BCUT2D eigenvalue weighted by atomic mass is 15.2. The van der Waals surface area contributed by atoms with Crippen LogP contribution in [0.3, 0.4) is 0 Å². The molecule has 0 fully saturated rings. The van der Waals surface area contributed by atoms with E-state index in [0.717, 1.165) is 39.3 Å². The van der Waals surface area contributed by atoms with E-state index >= 15 is 0 Å². The second-order valence-corrected chi connectivity index (χ2v) is 22.3. The van der Waals surface area contributed by atoms with E-state index in [0.29, 0.717) is 0 Å². The lowest BCUT2D eigenvalue weighted by atomic mass is 9.28. The molecule has 0 aromatic heterocycles. The highest BCUT2D eigenvalue weighted by Crippen LogP contribution is 2.54. The number of hydrogen-bond acceptors (Lipinski definition) is 3. The molecular weight excluding hydrogens is 1000 g/mol. The third-order valence-corrected chi connectivity index (χ3v) is 17.8. The van der Waals surface area contributed by atoms with E-state index in [1.807, 2.05) is 0 Å². The first kappa shape index (κ1) is 47.2. The molecule has 13 aromatic rings. The predicted molar refractivity (Wildman–Crippen MR) is 352 cm³/mol. The fraction of sp³-hybridized carbons (Fsp3) is 0. The van der Waals surface area contributed by atoms with Crippen molar-refractivity contribution >= 4 is 97.4 Å². The lowest BCUT2D eigenvalue weighted by Crippen LogP contribution is -2.68. The molecule has 4 aliphatic heterocycles. The fourth-order valence-corrected chi connectivity index (χ4v) is 14.2. The maximum absolute atomic E-state index is 2.68. The van der Waals surface area contributed by atoms with Crippen molar-refractivity contribution < 1.29 is 0 Å². The molecule has 17 rings (SSSR count). The number of hydrogen-bond donors (Lipinski definition) is 0. The van der Waals surface area contributed by atoms with Gasteiger partial charge in [0.25, 0.3) is 13.4 Å². The van der Waals surface area contributed by atoms with Crippen LogP contribution >= 0.6 is 0 Å². The molecule has 4 heterocycles. The zero-order chi connectivity index (χ0) is 54.5. The largest absolute Gasteiger partial charge is 0.312 e. The number of benzene rings is 13. The molecule has 0 aliphatic carbocycles. The molecule has 0 atom stereocenters. The van der Waals surface area contributed by atoms with Gasteiger partial charge >= 0.3 is 0 Å². The van der Waals surface area contributed by atoms with Crippen LogP contribution in [0, 0.1) is 0 Å². The quantitative estimate of drug-likeness (QED) is 0.140. The molecule has 0 saturated heterocycles. The summed E-state index contributed by atoms with van der Waals surface area (Å²) >= 11 is 0. The molecule has 0 bridgehead atoms. The molecule has 13 aromatic carbocycles. The summed E-state index contributed by atoms with van der Waals surface area (Å²) in [6.45, 7) is -0.293. The summed E-state index contributed by atoms with van der Waals surface area (Å²) in [4.78, 5) is 7.93. The number of rotatable bonds is 8. The number of anilines is 9. The van der Waals surface area contributed by atoms with Crippen LogP contribution in [0.15, 0.2) is 309 Å². The van der Waals surface area contributed by atoms with Gasteiger partial charge in [-0.05, 0) is 131 Å². The predicted octanol–water partition coefficient (Wildman–Crippen LogP) is 16.4. The van der Waals surface area contributed by atoms with Gasteiger partial charge in [-0.25, -0.2) is 0 Å². The molecule has 83 heavy (non-hydrogen) atoms. The minimum absolute atomic E-state index is 0.133. The standard InChI is InChI=1S/C78H51B2N3/c1-8-23-52(24-9-1)58-39-43-69-65(47-58)79-66-48-59(53-25-10-2-11-26-53)40-44-70(66)82-71-45-41-60(54-27-12-3-13-28-54)49-67(71)80-68-50-61(55-29-14-4-15-30-55)42-46-72(68)83(74-51-73(75(79)78(82)76(74)80)81(69)62-35-20-7-21-36-62)77-63(56-31-16-5-17-32-56)37-22-38-64(77)57-33-18-6-19-34-57/h1-51H. The summed E-state index contributed by atoms with van der Waals surface area (Å²) in [5.41, 5.74) is 32.6. The van der Waals surface area contributed by atoms with E-state index in [4.69, 9.17) is 0 Å². The summed E-state index contributed by atoms with van der Waals surface area (Å²) in [6.07, 6.45) is 0. The molecular formula is C78H51B2N3. The van der Waals surface area contributed by atoms with E-state index in [2.05, 4.69) is 324 Å². The average Bonchev–Trinajstić information content (AvgIpc) is 1.20. The summed E-state index contributed by atoms with van der Waals surface area (Å²) in [5.74, 6) is 0. The van der Waals surface area contributed by atoms with Gasteiger partial charge in [-0.1, -0.05) is 267 Å². The zero-order valence-corrected chi connectivity index (χ0v) is 45.4. The maximum atomic E-state index is 2.68. The van der Waals surface area contributed by atoms with E-state index in [1.54, 1.807) is 0 Å². The molecule has 4 aliphatic rings. The molecule has 0 saturated carbocycles. The molecule has 0 N–H and O–H groups in total. The number of fused-ring (bicyclic) bond motifs is 10. The van der Waals surface area contributed by atoms with Gasteiger partial charge in [0, 0.05) is 56.6 Å². The molecule has 3 nitrogen and oxygen atoms in total. The highest BCUT2D eigenvalue weighted by Gasteiger charge is 2.52. The Balaban J connectivity index is 1.06. The number of nitrogens with zero attached hydrogens (tertiary/aromatic N) is 3. The molecule has 0 spiro atoms. The minimum atomic E-state index is -0.160. The average molecular weight is 1050 g/mol. The third kappa shape index (κ3) is 7.41. The lowest BCUT2D eigenvalue weighted by Gasteiger charge is -2.51. The van der Waals surface area contributed by atoms with Crippen molar-refractivity contribution in [2.75, 3.05) is 14.7 Å². The Hall–Kier alpha value is -10.6. The first-order valence-corrected chi connectivity index (χ1v) is 28.9. The van der Waals surface area contributed by atoms with Gasteiger partial charge in [-0.2, -0.15) is 0 Å². The van der Waals surface area contributed by atoms with Crippen LogP contribution in [0.1, 0.15) is 0 Å². The maximum Gasteiger partial charge on any atom is 0.252 e. The van der Waals surface area contributed by atoms with Gasteiger partial charge in [0.2, 0.25) is 0 Å². The monoisotopic (exact) mass is 1050 g/mol. The van der Waals surface area contributed by atoms with Crippen LogP contribution in [-0.4, -0.2) is 13.4 Å². The lowest BCUT2D eigenvalue weighted by molar-refractivity contribution is 1.23. The summed E-state index contributed by atoms with van der Waals surface area (Å²) in [7, 11) is 0. The Morgan fingerprint density at radius 1 is 0.193 bits per heavy atom. The Kier molecular flexibility index (Phi) is 10.8. The van der Waals surface area contributed by atoms with Crippen molar-refractivity contribution in [3.63, 3.8) is 0 Å². The summed E-state index contributed by atoms with van der Waals surface area (Å²) < 4.78 is 0. The van der Waals surface area contributed by atoms with Crippen LogP contribution in [-0.2, 0) is 0 Å². The SMILES string of the molecule is c1ccc(-c2ccc3c(c2)B2c4cc(-c5ccccc5)ccc4N4c5ccc(-c6ccccc6)cc5B5c6cc(-c7ccccc7)ccc6N(c6c(-c7ccccc7)cccc6-c6ccccc6)c6cc(c2c4c65)N3c2ccccc2)cc1. The van der Waals surface area contributed by atoms with Crippen LogP contribution in [0.5, 0.6) is 0 Å². The van der Waals surface area contributed by atoms with Crippen LogP contribution in [0.2, 0.25) is 0 Å². The van der Waals surface area contributed by atoms with Crippen molar-refractivity contribution in [2.24, 2.45) is 0 Å². The topological polar surface area (TPSA) is 9.72 Å². The van der Waals surface area contributed by atoms with Crippen molar-refractivity contribution in [1.29, 1.82) is 0 Å². The Morgan fingerprint density at radius 2 is 0.482 bits per heavy atom. The normalized spacial score (nSPS) is 12.9. The van der Waals surface area contributed by atoms with E-state index < -0.39 is 0 Å². The highest BCUT2D eigenvalue weighted by molar-refractivity contribution is 7.05. The Labute approximate surface area is 485 Å². The van der Waals surface area contributed by atoms with Gasteiger partial charge in [-0.15, -0.1) is 0 Å². The van der Waals surface area contributed by atoms with E-state index in [-0.39, 0.29) is 13.4 Å². The van der Waals surface area contributed by atoms with Crippen molar-refractivity contribution in [3.05, 3.63) is 309 Å². The molecule has 384 valence electrons.